The summed E-state index contributed by atoms with van der Waals surface area (Å²) < 4.78 is 11.8. The molecule has 0 atom stereocenters. The summed E-state index contributed by atoms with van der Waals surface area (Å²) in [4.78, 5) is 11.6. The fourth-order valence-electron chi connectivity index (χ4n) is 1.46. The second kappa shape index (κ2) is 7.77. The Bertz CT molecular complexity index is 731. The summed E-state index contributed by atoms with van der Waals surface area (Å²) in [6.45, 7) is -0.248. The number of nitrogens with zero attached hydrogens (tertiary/aromatic N) is 2. The minimum Gasteiger partial charge on any atom is -0.482 e. The van der Waals surface area contributed by atoms with Gasteiger partial charge in [0.15, 0.2) is 11.3 Å². The van der Waals surface area contributed by atoms with E-state index in [4.69, 9.17) is 14.4 Å². The third kappa shape index (κ3) is 4.44. The number of nitriles is 1. The summed E-state index contributed by atoms with van der Waals surface area (Å²) in [5, 5.41) is 12.6. The van der Waals surface area contributed by atoms with E-state index in [0.29, 0.717) is 21.7 Å². The highest BCUT2D eigenvalue weighted by molar-refractivity contribution is 9.13. The molecule has 0 aliphatic heterocycles. The largest absolute Gasteiger partial charge is 0.482 e. The zero-order valence-electron chi connectivity index (χ0n) is 11.0. The van der Waals surface area contributed by atoms with Gasteiger partial charge in [-0.3, -0.25) is 4.79 Å². The Balaban J connectivity index is 1.84. The van der Waals surface area contributed by atoms with Crippen LogP contribution >= 0.6 is 31.9 Å². The zero-order chi connectivity index (χ0) is 15.9. The number of carbonyl (C=O) groups is 1. The van der Waals surface area contributed by atoms with Gasteiger partial charge in [-0.25, -0.2) is 5.43 Å². The van der Waals surface area contributed by atoms with Gasteiger partial charge in [0.25, 0.3) is 5.91 Å². The van der Waals surface area contributed by atoms with Crippen molar-refractivity contribution >= 4 is 44.0 Å². The molecule has 0 fully saturated rings. The molecule has 1 heterocycles. The molecule has 22 heavy (non-hydrogen) atoms. The van der Waals surface area contributed by atoms with Crippen molar-refractivity contribution in [1.29, 1.82) is 5.26 Å². The van der Waals surface area contributed by atoms with Gasteiger partial charge in [0.05, 0.1) is 16.3 Å². The SMILES string of the molecule is N#Cc1ccccc1OCC(=O)N/N=C/c1cc(Br)c(Br)o1. The molecule has 1 aromatic heterocycles. The van der Waals surface area contributed by atoms with E-state index in [2.05, 4.69) is 42.4 Å². The molecule has 0 saturated carbocycles. The minimum absolute atomic E-state index is 0.248. The Hall–Kier alpha value is -2.11. The van der Waals surface area contributed by atoms with Crippen LogP contribution in [0.2, 0.25) is 0 Å². The quantitative estimate of drug-likeness (QED) is 0.587. The van der Waals surface area contributed by atoms with E-state index in [9.17, 15) is 4.79 Å². The molecule has 0 radical (unpaired) electrons. The smallest absolute Gasteiger partial charge is 0.277 e. The first-order valence-electron chi connectivity index (χ1n) is 5.99. The monoisotopic (exact) mass is 425 g/mol. The summed E-state index contributed by atoms with van der Waals surface area (Å²) in [5.74, 6) is 0.367. The van der Waals surface area contributed by atoms with Crippen molar-refractivity contribution in [3.8, 4) is 11.8 Å². The van der Waals surface area contributed by atoms with Crippen LogP contribution in [0, 0.1) is 11.3 Å². The van der Waals surface area contributed by atoms with E-state index in [1.807, 2.05) is 6.07 Å². The van der Waals surface area contributed by atoms with Gasteiger partial charge in [-0.1, -0.05) is 12.1 Å². The van der Waals surface area contributed by atoms with Crippen molar-refractivity contribution in [3.63, 3.8) is 0 Å². The molecule has 2 rings (SSSR count). The number of ether oxygens (including phenoxy) is 1. The number of carbonyl (C=O) groups excluding carboxylic acids is 1. The summed E-state index contributed by atoms with van der Waals surface area (Å²) in [5.41, 5.74) is 2.66. The van der Waals surface area contributed by atoms with Crippen molar-refractivity contribution in [2.24, 2.45) is 5.10 Å². The van der Waals surface area contributed by atoms with Gasteiger partial charge < -0.3 is 9.15 Å². The van der Waals surface area contributed by atoms with E-state index in [1.54, 1.807) is 30.3 Å². The van der Waals surface area contributed by atoms with Crippen LogP contribution in [0.3, 0.4) is 0 Å². The molecule has 0 saturated heterocycles. The van der Waals surface area contributed by atoms with Crippen LogP contribution in [0.15, 0.2) is 49.0 Å². The maximum Gasteiger partial charge on any atom is 0.277 e. The molecular formula is C14H9Br2N3O3. The van der Waals surface area contributed by atoms with Crippen molar-refractivity contribution in [2.45, 2.75) is 0 Å². The fourth-order valence-corrected chi connectivity index (χ4v) is 2.06. The second-order valence-electron chi connectivity index (χ2n) is 3.96. The molecule has 0 bridgehead atoms. The molecule has 0 aliphatic rings. The van der Waals surface area contributed by atoms with Gasteiger partial charge in [0.2, 0.25) is 0 Å². The van der Waals surface area contributed by atoms with Gasteiger partial charge in [0, 0.05) is 6.07 Å². The predicted molar refractivity (Wildman–Crippen MR) is 86.5 cm³/mol. The van der Waals surface area contributed by atoms with Gasteiger partial charge in [-0.2, -0.15) is 10.4 Å². The van der Waals surface area contributed by atoms with Gasteiger partial charge in [-0.05, 0) is 44.0 Å². The van der Waals surface area contributed by atoms with Crippen LogP contribution in [0.25, 0.3) is 0 Å². The van der Waals surface area contributed by atoms with E-state index in [1.165, 1.54) is 6.21 Å². The lowest BCUT2D eigenvalue weighted by atomic mass is 10.2. The zero-order valence-corrected chi connectivity index (χ0v) is 14.2. The first-order chi connectivity index (χ1) is 10.6. The van der Waals surface area contributed by atoms with Crippen molar-refractivity contribution in [1.82, 2.24) is 5.43 Å². The molecule has 0 aliphatic carbocycles. The Morgan fingerprint density at radius 2 is 2.23 bits per heavy atom. The Morgan fingerprint density at radius 1 is 1.45 bits per heavy atom. The summed E-state index contributed by atoms with van der Waals surface area (Å²) in [7, 11) is 0. The number of amides is 1. The molecular weight excluding hydrogens is 418 g/mol. The summed E-state index contributed by atoms with van der Waals surface area (Å²) >= 11 is 6.46. The normalized spacial score (nSPS) is 10.4. The van der Waals surface area contributed by atoms with Crippen LogP contribution in [0.4, 0.5) is 0 Å². The van der Waals surface area contributed by atoms with Crippen LogP contribution in [-0.2, 0) is 4.79 Å². The van der Waals surface area contributed by atoms with Crippen molar-refractivity contribution < 1.29 is 13.9 Å². The molecule has 112 valence electrons. The number of halogens is 2. The average Bonchev–Trinajstić information content (AvgIpc) is 2.84. The van der Waals surface area contributed by atoms with Crippen molar-refractivity contribution in [3.05, 3.63) is 50.8 Å². The third-order valence-corrected chi connectivity index (χ3v) is 4.12. The Kier molecular flexibility index (Phi) is 5.75. The van der Waals surface area contributed by atoms with Crippen LogP contribution in [-0.4, -0.2) is 18.7 Å². The first kappa shape index (κ1) is 16.3. The third-order valence-electron chi connectivity index (χ3n) is 2.41. The van der Waals surface area contributed by atoms with E-state index < -0.39 is 5.91 Å². The van der Waals surface area contributed by atoms with Gasteiger partial charge >= 0.3 is 0 Å². The lowest BCUT2D eigenvalue weighted by Gasteiger charge is -2.05. The average molecular weight is 427 g/mol. The van der Waals surface area contributed by atoms with E-state index in [0.717, 1.165) is 4.47 Å². The predicted octanol–water partition coefficient (Wildman–Crippen LogP) is 3.21. The van der Waals surface area contributed by atoms with E-state index >= 15 is 0 Å². The number of benzene rings is 1. The van der Waals surface area contributed by atoms with Crippen LogP contribution < -0.4 is 10.2 Å². The standard InChI is InChI=1S/C14H9Br2N3O3/c15-11-5-10(22-14(11)16)7-18-19-13(20)8-21-12-4-2-1-3-9(12)6-17/h1-5,7H,8H2,(H,19,20)/b18-7+. The number of hydrazone groups is 1. The second-order valence-corrected chi connectivity index (χ2v) is 5.53. The van der Waals surface area contributed by atoms with Gasteiger partial charge in [0.1, 0.15) is 17.6 Å². The number of rotatable bonds is 5. The number of hydrogen-bond donors (Lipinski definition) is 1. The maximum atomic E-state index is 11.6. The van der Waals surface area contributed by atoms with Gasteiger partial charge in [-0.15, -0.1) is 0 Å². The highest BCUT2D eigenvalue weighted by Gasteiger charge is 2.06. The number of para-hydroxylation sites is 1. The molecule has 2 aromatic rings. The number of nitrogens with one attached hydrogen (secondary N) is 1. The maximum absolute atomic E-state index is 11.6. The summed E-state index contributed by atoms with van der Waals surface area (Å²) in [6, 6.07) is 10.3. The van der Waals surface area contributed by atoms with E-state index in [-0.39, 0.29) is 6.61 Å². The number of hydrogen-bond acceptors (Lipinski definition) is 5. The molecule has 1 aromatic carbocycles. The highest BCUT2D eigenvalue weighted by Crippen LogP contribution is 2.25. The van der Waals surface area contributed by atoms with Crippen LogP contribution in [0.5, 0.6) is 5.75 Å². The molecule has 0 unspecified atom stereocenters. The number of furan rings is 1. The Labute approximate surface area is 143 Å². The molecule has 1 N–H and O–H groups in total. The Morgan fingerprint density at radius 3 is 2.91 bits per heavy atom. The minimum atomic E-state index is -0.450. The topological polar surface area (TPSA) is 87.6 Å². The lowest BCUT2D eigenvalue weighted by Crippen LogP contribution is -2.24. The van der Waals surface area contributed by atoms with Crippen molar-refractivity contribution in [2.75, 3.05) is 6.61 Å². The molecule has 6 nitrogen and oxygen atoms in total. The highest BCUT2D eigenvalue weighted by atomic mass is 79.9. The fraction of sp³-hybridized carbons (Fsp3) is 0.0714. The molecule has 8 heteroatoms. The lowest BCUT2D eigenvalue weighted by molar-refractivity contribution is -0.123. The molecule has 0 spiro atoms. The first-order valence-corrected chi connectivity index (χ1v) is 7.57. The van der Waals surface area contributed by atoms with Crippen LogP contribution in [0.1, 0.15) is 11.3 Å². The molecule has 1 amide bonds. The summed E-state index contributed by atoms with van der Waals surface area (Å²) in [6.07, 6.45) is 1.36.